The lowest BCUT2D eigenvalue weighted by molar-refractivity contribution is 0.0994. The summed E-state index contributed by atoms with van der Waals surface area (Å²) in [6, 6.07) is 9.59. The normalized spacial score (nSPS) is 16.7. The third kappa shape index (κ3) is 3.39. The molecule has 4 rings (SSSR count). The van der Waals surface area contributed by atoms with E-state index in [9.17, 15) is 9.59 Å². The number of urea groups is 1. The van der Waals surface area contributed by atoms with Gasteiger partial charge in [0, 0.05) is 23.7 Å². The number of carbonyl (C=O) groups is 2. The highest BCUT2D eigenvalue weighted by Gasteiger charge is 2.28. The molecule has 5 nitrogen and oxygen atoms in total. The molecular weight excluding hydrogens is 328 g/mol. The highest BCUT2D eigenvalue weighted by Crippen LogP contribution is 2.28. The van der Waals surface area contributed by atoms with Crippen molar-refractivity contribution in [3.63, 3.8) is 0 Å². The van der Waals surface area contributed by atoms with Gasteiger partial charge in [0.05, 0.1) is 6.54 Å². The molecule has 2 aliphatic rings. The molecular formula is C21H24N2O3. The number of rotatable bonds is 4. The van der Waals surface area contributed by atoms with Crippen molar-refractivity contribution in [1.82, 2.24) is 4.90 Å². The molecule has 2 amide bonds. The maximum Gasteiger partial charge on any atom is 0.322 e. The Morgan fingerprint density at radius 3 is 2.73 bits per heavy atom. The second-order valence-corrected chi connectivity index (χ2v) is 7.30. The first-order valence-electron chi connectivity index (χ1n) is 9.39. The highest BCUT2D eigenvalue weighted by molar-refractivity contribution is 6.01. The summed E-state index contributed by atoms with van der Waals surface area (Å²) >= 11 is 0. The number of anilines is 1. The SMILES string of the molecule is Cc1ccc(CN(C(=O)Nc2ccc3c(c2)CCC3=O)C2CCCC2)o1. The number of fused-ring (bicyclic) bond motifs is 1. The number of carbonyl (C=O) groups excluding carboxylic acids is 2. The predicted molar refractivity (Wildman–Crippen MR) is 99.4 cm³/mol. The zero-order valence-corrected chi connectivity index (χ0v) is 15.1. The van der Waals surface area contributed by atoms with Crippen molar-refractivity contribution in [2.24, 2.45) is 0 Å². The number of nitrogens with zero attached hydrogens (tertiary/aromatic N) is 1. The number of nitrogens with one attached hydrogen (secondary N) is 1. The van der Waals surface area contributed by atoms with Gasteiger partial charge in [0.15, 0.2) is 5.78 Å². The van der Waals surface area contributed by atoms with Gasteiger partial charge < -0.3 is 14.6 Å². The van der Waals surface area contributed by atoms with Crippen molar-refractivity contribution >= 4 is 17.5 Å². The van der Waals surface area contributed by atoms with Crippen molar-refractivity contribution in [3.05, 3.63) is 53.0 Å². The number of ketones is 1. The molecule has 0 spiro atoms. The number of hydrogen-bond acceptors (Lipinski definition) is 3. The summed E-state index contributed by atoms with van der Waals surface area (Å²) in [5.41, 5.74) is 2.57. The zero-order chi connectivity index (χ0) is 18.1. The Bertz CT molecular complexity index is 834. The van der Waals surface area contributed by atoms with Crippen LogP contribution < -0.4 is 5.32 Å². The first-order chi connectivity index (χ1) is 12.6. The second kappa shape index (κ2) is 6.98. The maximum absolute atomic E-state index is 13.0. The fourth-order valence-corrected chi connectivity index (χ4v) is 4.05. The van der Waals surface area contributed by atoms with E-state index in [4.69, 9.17) is 4.42 Å². The zero-order valence-electron chi connectivity index (χ0n) is 15.1. The van der Waals surface area contributed by atoms with Crippen LogP contribution in [0.25, 0.3) is 0 Å². The van der Waals surface area contributed by atoms with Crippen LogP contribution in [0.1, 0.15) is 59.5 Å². The van der Waals surface area contributed by atoms with Crippen LogP contribution in [0.5, 0.6) is 0 Å². The molecule has 2 aliphatic carbocycles. The summed E-state index contributed by atoms with van der Waals surface area (Å²) in [6.07, 6.45) is 5.71. The number of furan rings is 1. The molecule has 1 heterocycles. The molecule has 0 bridgehead atoms. The number of benzene rings is 1. The molecule has 1 saturated carbocycles. The third-order valence-electron chi connectivity index (χ3n) is 5.43. The minimum Gasteiger partial charge on any atom is -0.464 e. The molecule has 0 saturated heterocycles. The minimum atomic E-state index is -0.102. The molecule has 0 atom stereocenters. The molecule has 26 heavy (non-hydrogen) atoms. The lowest BCUT2D eigenvalue weighted by Crippen LogP contribution is -2.41. The first kappa shape index (κ1) is 16.9. The van der Waals surface area contributed by atoms with E-state index in [-0.39, 0.29) is 17.9 Å². The van der Waals surface area contributed by atoms with Gasteiger partial charge >= 0.3 is 6.03 Å². The topological polar surface area (TPSA) is 62.6 Å². The van der Waals surface area contributed by atoms with E-state index >= 15 is 0 Å². The molecule has 2 aromatic rings. The molecule has 1 aromatic heterocycles. The fourth-order valence-electron chi connectivity index (χ4n) is 4.05. The number of amides is 2. The van der Waals surface area contributed by atoms with Crippen molar-refractivity contribution < 1.29 is 14.0 Å². The molecule has 0 radical (unpaired) electrons. The summed E-state index contributed by atoms with van der Waals surface area (Å²) in [5.74, 6) is 1.86. The van der Waals surface area contributed by atoms with Gasteiger partial charge in [-0.05, 0) is 62.1 Å². The van der Waals surface area contributed by atoms with E-state index in [0.29, 0.717) is 13.0 Å². The molecule has 136 valence electrons. The van der Waals surface area contributed by atoms with Crippen LogP contribution in [0.2, 0.25) is 0 Å². The largest absolute Gasteiger partial charge is 0.464 e. The Morgan fingerprint density at radius 2 is 2.00 bits per heavy atom. The van der Waals surface area contributed by atoms with Crippen LogP contribution in [0.15, 0.2) is 34.7 Å². The van der Waals surface area contributed by atoms with Gasteiger partial charge in [-0.2, -0.15) is 0 Å². The van der Waals surface area contributed by atoms with Gasteiger partial charge in [0.2, 0.25) is 0 Å². The van der Waals surface area contributed by atoms with Crippen molar-refractivity contribution in [2.45, 2.75) is 58.0 Å². The van der Waals surface area contributed by atoms with Crippen LogP contribution >= 0.6 is 0 Å². The Labute approximate surface area is 153 Å². The van der Waals surface area contributed by atoms with Gasteiger partial charge in [-0.1, -0.05) is 12.8 Å². The van der Waals surface area contributed by atoms with Gasteiger partial charge in [-0.15, -0.1) is 0 Å². The average molecular weight is 352 g/mol. The van der Waals surface area contributed by atoms with E-state index in [1.807, 2.05) is 42.2 Å². The number of Topliss-reactive ketones (excluding diaryl/α,β-unsaturated/α-hetero) is 1. The van der Waals surface area contributed by atoms with Gasteiger partial charge in [0.25, 0.3) is 0 Å². The molecule has 5 heteroatoms. The van der Waals surface area contributed by atoms with Crippen molar-refractivity contribution in [3.8, 4) is 0 Å². The second-order valence-electron chi connectivity index (χ2n) is 7.30. The Kier molecular flexibility index (Phi) is 4.53. The minimum absolute atomic E-state index is 0.102. The average Bonchev–Trinajstić information content (AvgIpc) is 3.35. The lowest BCUT2D eigenvalue weighted by Gasteiger charge is -2.28. The predicted octanol–water partition coefficient (Wildman–Crippen LogP) is 4.69. The van der Waals surface area contributed by atoms with Gasteiger partial charge in [0.1, 0.15) is 11.5 Å². The quantitative estimate of drug-likeness (QED) is 0.868. The monoisotopic (exact) mass is 352 g/mol. The van der Waals surface area contributed by atoms with Crippen LogP contribution in [-0.4, -0.2) is 22.8 Å². The van der Waals surface area contributed by atoms with Crippen LogP contribution in [-0.2, 0) is 13.0 Å². The molecule has 0 aliphatic heterocycles. The van der Waals surface area contributed by atoms with Crippen LogP contribution in [0, 0.1) is 6.92 Å². The van der Waals surface area contributed by atoms with E-state index in [2.05, 4.69) is 5.32 Å². The molecule has 1 fully saturated rings. The summed E-state index contributed by atoms with van der Waals surface area (Å²) < 4.78 is 5.69. The van der Waals surface area contributed by atoms with Crippen LogP contribution in [0.4, 0.5) is 10.5 Å². The summed E-state index contributed by atoms with van der Waals surface area (Å²) in [6.45, 7) is 2.39. The molecule has 1 N–H and O–H groups in total. The number of aryl methyl sites for hydroxylation is 2. The molecule has 1 aromatic carbocycles. The summed E-state index contributed by atoms with van der Waals surface area (Å²) in [7, 11) is 0. The third-order valence-corrected chi connectivity index (χ3v) is 5.43. The van der Waals surface area contributed by atoms with E-state index in [1.165, 1.54) is 0 Å². The Morgan fingerprint density at radius 1 is 1.19 bits per heavy atom. The highest BCUT2D eigenvalue weighted by atomic mass is 16.3. The number of hydrogen-bond donors (Lipinski definition) is 1. The first-order valence-corrected chi connectivity index (χ1v) is 9.39. The smallest absolute Gasteiger partial charge is 0.322 e. The Hall–Kier alpha value is -2.56. The summed E-state index contributed by atoms with van der Waals surface area (Å²) in [4.78, 5) is 26.7. The van der Waals surface area contributed by atoms with Gasteiger partial charge in [-0.25, -0.2) is 4.79 Å². The Balaban J connectivity index is 1.51. The standard InChI is InChI=1S/C21H24N2O3/c1-14-6-9-18(26-14)13-23(17-4-2-3-5-17)21(25)22-16-8-10-19-15(12-16)7-11-20(19)24/h6,8-10,12,17H,2-5,7,11,13H2,1H3,(H,22,25). The van der Waals surface area contributed by atoms with Crippen molar-refractivity contribution in [2.75, 3.05) is 5.32 Å². The fraction of sp³-hybridized carbons (Fsp3) is 0.429. The van der Waals surface area contributed by atoms with Crippen molar-refractivity contribution in [1.29, 1.82) is 0 Å². The van der Waals surface area contributed by atoms with Crippen LogP contribution in [0.3, 0.4) is 0 Å². The summed E-state index contributed by atoms with van der Waals surface area (Å²) in [5, 5.41) is 3.02. The van der Waals surface area contributed by atoms with E-state index in [0.717, 1.165) is 60.4 Å². The molecule has 0 unspecified atom stereocenters. The lowest BCUT2D eigenvalue weighted by atomic mass is 10.1. The van der Waals surface area contributed by atoms with Gasteiger partial charge in [-0.3, -0.25) is 4.79 Å². The maximum atomic E-state index is 13.0. The van der Waals surface area contributed by atoms with E-state index < -0.39 is 0 Å². The van der Waals surface area contributed by atoms with E-state index in [1.54, 1.807) is 0 Å².